The average Bonchev–Trinajstić information content (AvgIpc) is 2.72. The Hall–Kier alpha value is -0.730. The SMILES string of the molecule is CCc1ccc(Sc2cccs2)cc1. The first kappa shape index (κ1) is 9.81. The van der Waals surface area contributed by atoms with Crippen molar-refractivity contribution in [3.63, 3.8) is 0 Å². The molecule has 0 aliphatic heterocycles. The zero-order valence-corrected chi connectivity index (χ0v) is 9.70. The monoisotopic (exact) mass is 220 g/mol. The fourth-order valence-corrected chi connectivity index (χ4v) is 2.98. The number of benzene rings is 1. The van der Waals surface area contributed by atoms with Gasteiger partial charge in [0.1, 0.15) is 0 Å². The van der Waals surface area contributed by atoms with Crippen LogP contribution in [0.5, 0.6) is 0 Å². The molecule has 2 rings (SSSR count). The van der Waals surface area contributed by atoms with E-state index < -0.39 is 0 Å². The summed E-state index contributed by atoms with van der Waals surface area (Å²) in [6, 6.07) is 13.1. The minimum absolute atomic E-state index is 1.12. The molecule has 0 nitrogen and oxygen atoms in total. The summed E-state index contributed by atoms with van der Waals surface area (Å²) in [4.78, 5) is 1.32. The summed E-state index contributed by atoms with van der Waals surface area (Å²) in [5.41, 5.74) is 1.40. The summed E-state index contributed by atoms with van der Waals surface area (Å²) >= 11 is 3.62. The van der Waals surface area contributed by atoms with Crippen LogP contribution in [0.15, 0.2) is 50.9 Å². The second-order valence-corrected chi connectivity index (χ2v) is 5.35. The molecule has 72 valence electrons. The molecule has 0 aliphatic carbocycles. The van der Waals surface area contributed by atoms with Crippen molar-refractivity contribution in [1.29, 1.82) is 0 Å². The molecule has 0 radical (unpaired) electrons. The van der Waals surface area contributed by atoms with Gasteiger partial charge in [-0.05, 0) is 35.6 Å². The quantitative estimate of drug-likeness (QED) is 0.736. The van der Waals surface area contributed by atoms with Crippen molar-refractivity contribution in [2.45, 2.75) is 22.4 Å². The molecule has 14 heavy (non-hydrogen) atoms. The van der Waals surface area contributed by atoms with Gasteiger partial charge in [-0.2, -0.15) is 0 Å². The van der Waals surface area contributed by atoms with Crippen LogP contribution in [0.2, 0.25) is 0 Å². The highest BCUT2D eigenvalue weighted by molar-refractivity contribution is 8.01. The third-order valence-corrected chi connectivity index (χ3v) is 4.09. The van der Waals surface area contributed by atoms with Crippen LogP contribution in [-0.2, 0) is 6.42 Å². The molecule has 0 aliphatic rings. The molecular formula is C12H12S2. The smallest absolute Gasteiger partial charge is 0.0646 e. The van der Waals surface area contributed by atoms with E-state index in [-0.39, 0.29) is 0 Å². The van der Waals surface area contributed by atoms with Crippen molar-refractivity contribution >= 4 is 23.1 Å². The second-order valence-electron chi connectivity index (χ2n) is 3.03. The van der Waals surface area contributed by atoms with Crippen LogP contribution in [0.25, 0.3) is 0 Å². The van der Waals surface area contributed by atoms with E-state index in [1.807, 2.05) is 11.8 Å². The minimum Gasteiger partial charge on any atom is -0.137 e. The van der Waals surface area contributed by atoms with Gasteiger partial charge < -0.3 is 0 Å². The highest BCUT2D eigenvalue weighted by Crippen LogP contribution is 2.31. The largest absolute Gasteiger partial charge is 0.137 e. The van der Waals surface area contributed by atoms with Gasteiger partial charge in [-0.25, -0.2) is 0 Å². The Morgan fingerprint density at radius 2 is 1.93 bits per heavy atom. The first-order valence-corrected chi connectivity index (χ1v) is 6.38. The van der Waals surface area contributed by atoms with Crippen molar-refractivity contribution < 1.29 is 0 Å². The molecule has 0 fully saturated rings. The summed E-state index contributed by atoms with van der Waals surface area (Å²) in [5, 5.41) is 2.11. The summed E-state index contributed by atoms with van der Waals surface area (Å²) in [6.07, 6.45) is 1.12. The van der Waals surface area contributed by atoms with E-state index in [1.54, 1.807) is 11.3 Å². The van der Waals surface area contributed by atoms with Gasteiger partial charge in [-0.1, -0.05) is 36.9 Å². The maximum atomic E-state index is 2.20. The standard InChI is InChI=1S/C12H12S2/c1-2-10-5-7-11(8-6-10)14-12-4-3-9-13-12/h3-9H,2H2,1H3. The zero-order valence-electron chi connectivity index (χ0n) is 8.07. The van der Waals surface area contributed by atoms with Gasteiger partial charge in [-0.15, -0.1) is 11.3 Å². The molecule has 1 heterocycles. The van der Waals surface area contributed by atoms with E-state index in [2.05, 4.69) is 48.7 Å². The van der Waals surface area contributed by atoms with Crippen LogP contribution >= 0.6 is 23.1 Å². The van der Waals surface area contributed by atoms with E-state index in [1.165, 1.54) is 14.7 Å². The van der Waals surface area contributed by atoms with Crippen molar-refractivity contribution in [2.24, 2.45) is 0 Å². The van der Waals surface area contributed by atoms with Crippen LogP contribution < -0.4 is 0 Å². The first-order valence-electron chi connectivity index (χ1n) is 4.69. The topological polar surface area (TPSA) is 0 Å². The van der Waals surface area contributed by atoms with Gasteiger partial charge >= 0.3 is 0 Å². The Bertz CT molecular complexity index is 373. The third-order valence-electron chi connectivity index (χ3n) is 2.05. The summed E-state index contributed by atoms with van der Waals surface area (Å²) in [5.74, 6) is 0. The molecule has 0 unspecified atom stereocenters. The molecular weight excluding hydrogens is 208 g/mol. The van der Waals surface area contributed by atoms with E-state index in [9.17, 15) is 0 Å². The van der Waals surface area contributed by atoms with E-state index in [0.29, 0.717) is 0 Å². The first-order chi connectivity index (χ1) is 6.88. The fourth-order valence-electron chi connectivity index (χ4n) is 1.23. The predicted octanol–water partition coefficient (Wildman–Crippen LogP) is 4.46. The van der Waals surface area contributed by atoms with Gasteiger partial charge in [0, 0.05) is 4.90 Å². The fraction of sp³-hybridized carbons (Fsp3) is 0.167. The highest BCUT2D eigenvalue weighted by Gasteiger charge is 1.97. The molecule has 1 aromatic carbocycles. The molecule has 0 amide bonds. The Morgan fingerprint density at radius 3 is 2.50 bits per heavy atom. The maximum Gasteiger partial charge on any atom is 0.0646 e. The average molecular weight is 220 g/mol. The van der Waals surface area contributed by atoms with Crippen LogP contribution in [0, 0.1) is 0 Å². The lowest BCUT2D eigenvalue weighted by Crippen LogP contribution is -1.78. The van der Waals surface area contributed by atoms with Crippen molar-refractivity contribution in [3.05, 3.63) is 47.3 Å². The number of hydrogen-bond donors (Lipinski definition) is 0. The van der Waals surface area contributed by atoms with Crippen LogP contribution in [-0.4, -0.2) is 0 Å². The Labute approximate surface area is 93.0 Å². The third kappa shape index (κ3) is 2.40. The Balaban J connectivity index is 2.10. The van der Waals surface area contributed by atoms with Crippen LogP contribution in [0.3, 0.4) is 0 Å². The van der Waals surface area contributed by atoms with Crippen LogP contribution in [0.4, 0.5) is 0 Å². The maximum absolute atomic E-state index is 2.20. The second kappa shape index (κ2) is 4.67. The van der Waals surface area contributed by atoms with Crippen molar-refractivity contribution in [2.75, 3.05) is 0 Å². The van der Waals surface area contributed by atoms with E-state index >= 15 is 0 Å². The molecule has 0 bridgehead atoms. The number of thiophene rings is 1. The molecule has 0 N–H and O–H groups in total. The highest BCUT2D eigenvalue weighted by atomic mass is 32.2. The number of rotatable bonds is 3. The van der Waals surface area contributed by atoms with Crippen molar-refractivity contribution in [3.8, 4) is 0 Å². The van der Waals surface area contributed by atoms with E-state index in [4.69, 9.17) is 0 Å². The summed E-state index contributed by atoms with van der Waals surface area (Å²) < 4.78 is 1.36. The van der Waals surface area contributed by atoms with Crippen molar-refractivity contribution in [1.82, 2.24) is 0 Å². The Kier molecular flexibility index (Phi) is 3.27. The molecule has 2 heteroatoms. The summed E-state index contributed by atoms with van der Waals surface area (Å²) in [6.45, 7) is 2.18. The zero-order chi connectivity index (χ0) is 9.80. The minimum atomic E-state index is 1.12. The van der Waals surface area contributed by atoms with E-state index in [0.717, 1.165) is 6.42 Å². The lowest BCUT2D eigenvalue weighted by Gasteiger charge is -2.00. The number of hydrogen-bond acceptors (Lipinski definition) is 2. The molecule has 2 aromatic rings. The number of aryl methyl sites for hydroxylation is 1. The van der Waals surface area contributed by atoms with Crippen LogP contribution in [0.1, 0.15) is 12.5 Å². The summed E-state index contributed by atoms with van der Waals surface area (Å²) in [7, 11) is 0. The lowest BCUT2D eigenvalue weighted by atomic mass is 10.2. The van der Waals surface area contributed by atoms with Gasteiger partial charge in [0.2, 0.25) is 0 Å². The van der Waals surface area contributed by atoms with Gasteiger partial charge in [0.25, 0.3) is 0 Å². The molecule has 0 atom stereocenters. The van der Waals surface area contributed by atoms with Gasteiger partial charge in [-0.3, -0.25) is 0 Å². The molecule has 1 aromatic heterocycles. The molecule has 0 saturated heterocycles. The normalized spacial score (nSPS) is 10.4. The van der Waals surface area contributed by atoms with Gasteiger partial charge in [0.05, 0.1) is 4.21 Å². The lowest BCUT2D eigenvalue weighted by molar-refractivity contribution is 1.13. The predicted molar refractivity (Wildman–Crippen MR) is 64.3 cm³/mol. The van der Waals surface area contributed by atoms with Gasteiger partial charge in [0.15, 0.2) is 0 Å². The molecule has 0 spiro atoms. The molecule has 0 saturated carbocycles. The Morgan fingerprint density at radius 1 is 1.14 bits per heavy atom.